The number of rotatable bonds is 3. The van der Waals surface area contributed by atoms with Gasteiger partial charge in [-0.1, -0.05) is 15.9 Å². The molecule has 3 nitrogen and oxygen atoms in total. The van der Waals surface area contributed by atoms with Crippen molar-refractivity contribution in [1.82, 2.24) is 4.98 Å². The van der Waals surface area contributed by atoms with Crippen LogP contribution in [0.1, 0.15) is 10.4 Å². The second-order valence-corrected chi connectivity index (χ2v) is 5.39. The highest BCUT2D eigenvalue weighted by Gasteiger charge is 2.02. The fourth-order valence-electron chi connectivity index (χ4n) is 1.31. The molecular formula is C11H12BrN3S. The zero-order valence-corrected chi connectivity index (χ0v) is 11.2. The van der Waals surface area contributed by atoms with E-state index in [1.54, 1.807) is 17.5 Å². The van der Waals surface area contributed by atoms with Crippen LogP contribution in [0, 0.1) is 6.92 Å². The molecule has 0 aliphatic heterocycles. The molecule has 2 aromatic rings. The quantitative estimate of drug-likeness (QED) is 0.913. The van der Waals surface area contributed by atoms with Gasteiger partial charge in [0.15, 0.2) is 5.13 Å². The van der Waals surface area contributed by atoms with Crippen molar-refractivity contribution in [2.45, 2.75) is 13.5 Å². The first-order valence-corrected chi connectivity index (χ1v) is 6.48. The summed E-state index contributed by atoms with van der Waals surface area (Å²) >= 11 is 5.05. The van der Waals surface area contributed by atoms with Gasteiger partial charge in [0.2, 0.25) is 0 Å². The first kappa shape index (κ1) is 11.6. The van der Waals surface area contributed by atoms with Crippen molar-refractivity contribution in [3.8, 4) is 0 Å². The summed E-state index contributed by atoms with van der Waals surface area (Å²) in [6, 6.07) is 6.11. The van der Waals surface area contributed by atoms with Gasteiger partial charge >= 0.3 is 0 Å². The second kappa shape index (κ2) is 4.95. The van der Waals surface area contributed by atoms with E-state index in [0.29, 0.717) is 6.54 Å². The van der Waals surface area contributed by atoms with Crippen LogP contribution in [0.2, 0.25) is 0 Å². The molecule has 5 heteroatoms. The number of thiazole rings is 1. The number of benzene rings is 1. The highest BCUT2D eigenvalue weighted by atomic mass is 79.9. The normalized spacial score (nSPS) is 10.4. The topological polar surface area (TPSA) is 50.9 Å². The van der Waals surface area contributed by atoms with E-state index in [4.69, 9.17) is 5.73 Å². The Hall–Kier alpha value is -0.910. The summed E-state index contributed by atoms with van der Waals surface area (Å²) in [6.45, 7) is 2.60. The van der Waals surface area contributed by atoms with Gasteiger partial charge in [-0.15, -0.1) is 11.3 Å². The van der Waals surface area contributed by atoms with E-state index in [1.807, 2.05) is 12.1 Å². The Balaban J connectivity index is 2.17. The summed E-state index contributed by atoms with van der Waals surface area (Å²) in [5.74, 6) is 0. The fourth-order valence-corrected chi connectivity index (χ4v) is 2.26. The van der Waals surface area contributed by atoms with Gasteiger partial charge in [-0.3, -0.25) is 0 Å². The lowest BCUT2D eigenvalue weighted by molar-refractivity contribution is 1.10. The Morgan fingerprint density at radius 2 is 2.31 bits per heavy atom. The van der Waals surface area contributed by atoms with Crippen molar-refractivity contribution in [1.29, 1.82) is 0 Å². The van der Waals surface area contributed by atoms with E-state index in [1.165, 1.54) is 5.56 Å². The number of aryl methyl sites for hydroxylation is 1. The molecule has 0 spiro atoms. The molecule has 0 saturated heterocycles. The van der Waals surface area contributed by atoms with Gasteiger partial charge < -0.3 is 11.1 Å². The van der Waals surface area contributed by atoms with Gasteiger partial charge in [0.05, 0.1) is 0 Å². The van der Waals surface area contributed by atoms with Gasteiger partial charge in [0.1, 0.15) is 0 Å². The van der Waals surface area contributed by atoms with Crippen molar-refractivity contribution in [2.24, 2.45) is 5.73 Å². The Morgan fingerprint density at radius 1 is 1.50 bits per heavy atom. The van der Waals surface area contributed by atoms with Crippen LogP contribution < -0.4 is 11.1 Å². The number of anilines is 2. The average molecular weight is 298 g/mol. The lowest BCUT2D eigenvalue weighted by Crippen LogP contribution is -1.91. The third kappa shape index (κ3) is 2.61. The monoisotopic (exact) mass is 297 g/mol. The summed E-state index contributed by atoms with van der Waals surface area (Å²) < 4.78 is 1.11. The minimum Gasteiger partial charge on any atom is -0.332 e. The smallest absolute Gasteiger partial charge is 0.187 e. The van der Waals surface area contributed by atoms with E-state index < -0.39 is 0 Å². The molecule has 0 aliphatic carbocycles. The summed E-state index contributed by atoms with van der Waals surface area (Å²) in [6.07, 6.45) is 1.80. The molecule has 0 atom stereocenters. The standard InChI is InChI=1S/C11H12BrN3S/c1-7-4-8(2-3-10(7)12)15-11-14-6-9(5-13)16-11/h2-4,6H,5,13H2,1H3,(H,14,15). The van der Waals surface area contributed by atoms with Crippen molar-refractivity contribution >= 4 is 38.1 Å². The summed E-state index contributed by atoms with van der Waals surface area (Å²) in [5, 5.41) is 4.13. The van der Waals surface area contributed by atoms with E-state index in [-0.39, 0.29) is 0 Å². The largest absolute Gasteiger partial charge is 0.332 e. The molecular weight excluding hydrogens is 286 g/mol. The highest BCUT2D eigenvalue weighted by Crippen LogP contribution is 2.25. The molecule has 84 valence electrons. The first-order valence-electron chi connectivity index (χ1n) is 4.87. The maximum atomic E-state index is 5.54. The van der Waals surface area contributed by atoms with E-state index in [2.05, 4.69) is 39.2 Å². The van der Waals surface area contributed by atoms with Crippen LogP contribution in [0.5, 0.6) is 0 Å². The van der Waals surface area contributed by atoms with E-state index in [0.717, 1.165) is 20.2 Å². The van der Waals surface area contributed by atoms with Crippen molar-refractivity contribution in [2.75, 3.05) is 5.32 Å². The molecule has 1 aromatic carbocycles. The zero-order valence-electron chi connectivity index (χ0n) is 8.83. The van der Waals surface area contributed by atoms with Crippen molar-refractivity contribution in [3.63, 3.8) is 0 Å². The first-order chi connectivity index (χ1) is 7.69. The minimum atomic E-state index is 0.540. The molecule has 2 rings (SSSR count). The zero-order chi connectivity index (χ0) is 11.5. The van der Waals surface area contributed by atoms with Gasteiger partial charge in [-0.25, -0.2) is 4.98 Å². The molecule has 1 aromatic heterocycles. The van der Waals surface area contributed by atoms with Gasteiger partial charge in [-0.05, 0) is 30.7 Å². The summed E-state index contributed by atoms with van der Waals surface area (Å²) in [4.78, 5) is 5.33. The number of nitrogens with zero attached hydrogens (tertiary/aromatic N) is 1. The Bertz CT molecular complexity index is 496. The number of hydrogen-bond donors (Lipinski definition) is 2. The van der Waals surface area contributed by atoms with Crippen LogP contribution in [0.3, 0.4) is 0 Å². The second-order valence-electron chi connectivity index (χ2n) is 3.42. The van der Waals surface area contributed by atoms with Crippen LogP contribution in [0.25, 0.3) is 0 Å². The number of hydrogen-bond acceptors (Lipinski definition) is 4. The van der Waals surface area contributed by atoms with Crippen molar-refractivity contribution in [3.05, 3.63) is 39.3 Å². The van der Waals surface area contributed by atoms with Gasteiger partial charge in [0.25, 0.3) is 0 Å². The van der Waals surface area contributed by atoms with Crippen LogP contribution in [-0.2, 0) is 6.54 Å². The van der Waals surface area contributed by atoms with Crippen LogP contribution in [0.15, 0.2) is 28.9 Å². The lowest BCUT2D eigenvalue weighted by atomic mass is 10.2. The molecule has 0 bridgehead atoms. The minimum absolute atomic E-state index is 0.540. The number of aromatic nitrogens is 1. The highest BCUT2D eigenvalue weighted by molar-refractivity contribution is 9.10. The molecule has 0 aliphatic rings. The maximum absolute atomic E-state index is 5.54. The third-order valence-electron chi connectivity index (χ3n) is 2.16. The van der Waals surface area contributed by atoms with Crippen molar-refractivity contribution < 1.29 is 0 Å². The predicted octanol–water partition coefficient (Wildman–Crippen LogP) is 3.42. The number of halogens is 1. The van der Waals surface area contributed by atoms with Gasteiger partial charge in [-0.2, -0.15) is 0 Å². The maximum Gasteiger partial charge on any atom is 0.187 e. The van der Waals surface area contributed by atoms with E-state index in [9.17, 15) is 0 Å². The third-order valence-corrected chi connectivity index (χ3v) is 3.99. The summed E-state index contributed by atoms with van der Waals surface area (Å²) in [7, 11) is 0. The Morgan fingerprint density at radius 3 is 2.94 bits per heavy atom. The summed E-state index contributed by atoms with van der Waals surface area (Å²) in [5.41, 5.74) is 7.77. The fraction of sp³-hybridized carbons (Fsp3) is 0.182. The van der Waals surface area contributed by atoms with Crippen LogP contribution in [-0.4, -0.2) is 4.98 Å². The molecule has 0 radical (unpaired) electrons. The molecule has 0 amide bonds. The van der Waals surface area contributed by atoms with Crippen LogP contribution >= 0.6 is 27.3 Å². The predicted molar refractivity (Wildman–Crippen MR) is 72.2 cm³/mol. The van der Waals surface area contributed by atoms with E-state index >= 15 is 0 Å². The SMILES string of the molecule is Cc1cc(Nc2ncc(CN)s2)ccc1Br. The van der Waals surface area contributed by atoms with Crippen LogP contribution in [0.4, 0.5) is 10.8 Å². The molecule has 3 N–H and O–H groups in total. The lowest BCUT2D eigenvalue weighted by Gasteiger charge is -2.04. The number of nitrogens with two attached hydrogens (primary N) is 1. The van der Waals surface area contributed by atoms with Gasteiger partial charge in [0, 0.05) is 27.8 Å². The molecule has 16 heavy (non-hydrogen) atoms. The Kier molecular flexibility index (Phi) is 3.58. The Labute approximate surface area is 107 Å². The molecule has 0 fully saturated rings. The number of nitrogens with one attached hydrogen (secondary N) is 1. The average Bonchev–Trinajstić information content (AvgIpc) is 2.71. The molecule has 1 heterocycles. The molecule has 0 unspecified atom stereocenters. The molecule has 0 saturated carbocycles.